The minimum absolute atomic E-state index is 0.00105. The van der Waals surface area contributed by atoms with Gasteiger partial charge in [-0.05, 0) is 79.8 Å². The fourth-order valence-electron chi connectivity index (χ4n) is 6.28. The number of alkyl halides is 3. The van der Waals surface area contributed by atoms with Crippen molar-refractivity contribution >= 4 is 22.9 Å². The van der Waals surface area contributed by atoms with Crippen molar-refractivity contribution in [3.05, 3.63) is 58.1 Å². The van der Waals surface area contributed by atoms with Gasteiger partial charge < -0.3 is 10.0 Å². The van der Waals surface area contributed by atoms with E-state index < -0.39 is 24.0 Å². The van der Waals surface area contributed by atoms with Gasteiger partial charge in [-0.25, -0.2) is 4.68 Å². The predicted molar refractivity (Wildman–Crippen MR) is 139 cm³/mol. The molecule has 1 aliphatic carbocycles. The van der Waals surface area contributed by atoms with E-state index in [0.717, 1.165) is 38.9 Å². The molecular weight excluding hydrogens is 509 g/mol. The fourth-order valence-corrected chi connectivity index (χ4v) is 6.28. The molecular formula is C29H33F3N4O3. The van der Waals surface area contributed by atoms with Crippen molar-refractivity contribution in [2.24, 2.45) is 11.8 Å². The normalized spacial score (nSPS) is 20.6. The smallest absolute Gasteiger partial charge is 0.391 e. The van der Waals surface area contributed by atoms with Crippen LogP contribution in [0.15, 0.2) is 30.3 Å². The van der Waals surface area contributed by atoms with Crippen LogP contribution >= 0.6 is 0 Å². The summed E-state index contributed by atoms with van der Waals surface area (Å²) in [6.07, 6.45) is -3.11. The molecule has 2 aromatic carbocycles. The van der Waals surface area contributed by atoms with Crippen LogP contribution < -0.4 is 0 Å². The zero-order valence-corrected chi connectivity index (χ0v) is 22.2. The number of nitrogens with zero attached hydrogens (tertiary/aromatic N) is 4. The highest BCUT2D eigenvalue weighted by molar-refractivity contribution is 5.81. The van der Waals surface area contributed by atoms with Crippen molar-refractivity contribution in [1.82, 2.24) is 19.9 Å². The minimum Gasteiger partial charge on any atom is -0.481 e. The van der Waals surface area contributed by atoms with Crippen molar-refractivity contribution in [3.63, 3.8) is 0 Å². The summed E-state index contributed by atoms with van der Waals surface area (Å²) in [4.78, 5) is 26.9. The molecule has 2 heterocycles. The molecule has 1 fully saturated rings. The summed E-state index contributed by atoms with van der Waals surface area (Å²) in [5, 5.41) is 18.3. The number of amides is 1. The number of halogens is 3. The van der Waals surface area contributed by atoms with Crippen LogP contribution in [0.1, 0.15) is 72.8 Å². The maximum absolute atomic E-state index is 13.3. The summed E-state index contributed by atoms with van der Waals surface area (Å²) in [5.74, 6) is -3.09. The number of carbonyl (C=O) groups is 2. The Hall–Kier alpha value is -3.43. The Bertz CT molecular complexity index is 1390. The lowest BCUT2D eigenvalue weighted by molar-refractivity contribution is -0.185. The molecule has 0 radical (unpaired) electrons. The largest absolute Gasteiger partial charge is 0.481 e. The Morgan fingerprint density at radius 1 is 1.10 bits per heavy atom. The van der Waals surface area contributed by atoms with E-state index in [1.165, 1.54) is 0 Å². The van der Waals surface area contributed by atoms with Gasteiger partial charge >= 0.3 is 12.1 Å². The molecule has 1 unspecified atom stereocenters. The van der Waals surface area contributed by atoms with Gasteiger partial charge in [-0.1, -0.05) is 29.5 Å². The van der Waals surface area contributed by atoms with Gasteiger partial charge in [0.15, 0.2) is 0 Å². The lowest BCUT2D eigenvalue weighted by Crippen LogP contribution is -2.41. The molecule has 1 amide bonds. The SMILES string of the molecule is CCn1nnc2c(C)c(C(CC(=O)O)c3ccc4c(c3)CN(C(=O)[C@H]3CC[C@@H](C(F)(F)F)CC3)CC4)ccc21. The molecule has 7 nitrogen and oxygen atoms in total. The second kappa shape index (κ2) is 10.6. The van der Waals surface area contributed by atoms with Crippen LogP contribution in [-0.2, 0) is 29.1 Å². The number of carbonyl (C=O) groups excluding carboxylic acids is 1. The van der Waals surface area contributed by atoms with Gasteiger partial charge in [-0.15, -0.1) is 5.10 Å². The Kier molecular flexibility index (Phi) is 7.39. The molecule has 2 aliphatic rings. The molecule has 1 aliphatic heterocycles. The minimum atomic E-state index is -4.20. The standard InChI is InChI=1S/C29H33F3N4O3/c1-3-36-25-11-10-23(17(2)27(25)33-34-36)24(15-26(37)38)20-5-4-18-12-13-35(16-21(18)14-20)28(39)19-6-8-22(9-7-19)29(30,31)32/h4-5,10-11,14,19,22,24H,3,6-9,12-13,15-16H2,1-2H3,(H,37,38)/t19-,22+,24?. The third kappa shape index (κ3) is 5.38. The topological polar surface area (TPSA) is 88.3 Å². The molecule has 0 spiro atoms. The summed E-state index contributed by atoms with van der Waals surface area (Å²) in [7, 11) is 0. The van der Waals surface area contributed by atoms with Crippen LogP contribution in [0.2, 0.25) is 0 Å². The number of hydrogen-bond acceptors (Lipinski definition) is 4. The maximum Gasteiger partial charge on any atom is 0.391 e. The third-order valence-electron chi connectivity index (χ3n) is 8.53. The van der Waals surface area contributed by atoms with E-state index in [0.29, 0.717) is 26.1 Å². The first-order valence-corrected chi connectivity index (χ1v) is 13.6. The molecule has 208 valence electrons. The maximum atomic E-state index is 13.3. The number of carboxylic acids is 1. The van der Waals surface area contributed by atoms with Gasteiger partial charge in [0, 0.05) is 31.5 Å². The second-order valence-corrected chi connectivity index (χ2v) is 10.8. The van der Waals surface area contributed by atoms with E-state index in [1.807, 2.05) is 44.2 Å². The number of carboxylic acid groups (broad SMARTS) is 1. The molecule has 5 rings (SSSR count). The number of aliphatic carboxylic acids is 1. The number of aryl methyl sites for hydroxylation is 2. The Balaban J connectivity index is 1.39. The van der Waals surface area contributed by atoms with E-state index in [9.17, 15) is 27.9 Å². The molecule has 1 saturated carbocycles. The Labute approximate surface area is 225 Å². The predicted octanol–water partition coefficient (Wildman–Crippen LogP) is 5.62. The second-order valence-electron chi connectivity index (χ2n) is 10.8. The van der Waals surface area contributed by atoms with Gasteiger partial charge in [-0.3, -0.25) is 9.59 Å². The highest BCUT2D eigenvalue weighted by Gasteiger charge is 2.43. The molecule has 1 atom stereocenters. The molecule has 3 aromatic rings. The monoisotopic (exact) mass is 542 g/mol. The van der Waals surface area contributed by atoms with E-state index in [-0.39, 0.29) is 43.9 Å². The first kappa shape index (κ1) is 27.1. The first-order valence-electron chi connectivity index (χ1n) is 13.6. The zero-order valence-electron chi connectivity index (χ0n) is 22.2. The lowest BCUT2D eigenvalue weighted by atomic mass is 9.80. The summed E-state index contributed by atoms with van der Waals surface area (Å²) in [5.41, 5.74) is 6.33. The van der Waals surface area contributed by atoms with E-state index in [2.05, 4.69) is 10.3 Å². The molecule has 0 bridgehead atoms. The van der Waals surface area contributed by atoms with Crippen LogP contribution in [0.4, 0.5) is 13.2 Å². The number of aromatic nitrogens is 3. The van der Waals surface area contributed by atoms with Crippen LogP contribution in [0, 0.1) is 18.8 Å². The van der Waals surface area contributed by atoms with Crippen molar-refractivity contribution in [1.29, 1.82) is 0 Å². The molecule has 1 N–H and O–H groups in total. The highest BCUT2D eigenvalue weighted by Crippen LogP contribution is 2.41. The molecule has 39 heavy (non-hydrogen) atoms. The van der Waals surface area contributed by atoms with Crippen LogP contribution in [0.3, 0.4) is 0 Å². The van der Waals surface area contributed by atoms with Gasteiger partial charge in [0.25, 0.3) is 0 Å². The van der Waals surface area contributed by atoms with Crippen molar-refractivity contribution in [2.45, 2.75) is 77.6 Å². The number of fused-ring (bicyclic) bond motifs is 2. The van der Waals surface area contributed by atoms with Crippen molar-refractivity contribution in [3.8, 4) is 0 Å². The molecule has 0 saturated heterocycles. The number of hydrogen-bond donors (Lipinski definition) is 1. The fraction of sp³-hybridized carbons (Fsp3) is 0.517. The van der Waals surface area contributed by atoms with Gasteiger partial charge in [0.2, 0.25) is 5.91 Å². The van der Waals surface area contributed by atoms with E-state index in [1.54, 1.807) is 9.58 Å². The Morgan fingerprint density at radius 3 is 2.51 bits per heavy atom. The average Bonchev–Trinajstić information content (AvgIpc) is 3.35. The number of rotatable bonds is 6. The summed E-state index contributed by atoms with van der Waals surface area (Å²) in [6.45, 7) is 5.51. The lowest BCUT2D eigenvalue weighted by Gasteiger charge is -2.35. The van der Waals surface area contributed by atoms with Gasteiger partial charge in [0.05, 0.1) is 17.9 Å². The average molecular weight is 543 g/mol. The third-order valence-corrected chi connectivity index (χ3v) is 8.53. The zero-order chi connectivity index (χ0) is 27.9. The number of benzene rings is 2. The quantitative estimate of drug-likeness (QED) is 0.437. The van der Waals surface area contributed by atoms with Gasteiger partial charge in [-0.2, -0.15) is 13.2 Å². The van der Waals surface area contributed by atoms with Gasteiger partial charge in [0.1, 0.15) is 5.52 Å². The van der Waals surface area contributed by atoms with Crippen LogP contribution in [-0.4, -0.2) is 49.6 Å². The van der Waals surface area contributed by atoms with Crippen LogP contribution in [0.5, 0.6) is 0 Å². The van der Waals surface area contributed by atoms with Crippen molar-refractivity contribution in [2.75, 3.05) is 6.54 Å². The van der Waals surface area contributed by atoms with E-state index in [4.69, 9.17) is 0 Å². The van der Waals surface area contributed by atoms with Crippen LogP contribution in [0.25, 0.3) is 11.0 Å². The molecule has 1 aromatic heterocycles. The highest BCUT2D eigenvalue weighted by atomic mass is 19.4. The van der Waals surface area contributed by atoms with Crippen molar-refractivity contribution < 1.29 is 27.9 Å². The first-order chi connectivity index (χ1) is 18.6. The Morgan fingerprint density at radius 2 is 1.85 bits per heavy atom. The van der Waals surface area contributed by atoms with E-state index >= 15 is 0 Å². The summed E-state index contributed by atoms with van der Waals surface area (Å²) in [6, 6.07) is 9.86. The summed E-state index contributed by atoms with van der Waals surface area (Å²) >= 11 is 0. The summed E-state index contributed by atoms with van der Waals surface area (Å²) < 4.78 is 41.0. The molecule has 10 heteroatoms.